The average molecular weight is 300 g/mol. The molecule has 1 aliphatic rings. The van der Waals surface area contributed by atoms with Crippen LogP contribution in [0.2, 0.25) is 0 Å². The van der Waals surface area contributed by atoms with E-state index in [0.29, 0.717) is 25.3 Å². The number of nitro groups is 1. The zero-order valence-electron chi connectivity index (χ0n) is 10.8. The molecule has 2 rings (SSSR count). The summed E-state index contributed by atoms with van der Waals surface area (Å²) in [4.78, 5) is 13.9. The van der Waals surface area contributed by atoms with Crippen molar-refractivity contribution >= 4 is 21.3 Å². The van der Waals surface area contributed by atoms with Gasteiger partial charge in [0.15, 0.2) is 9.84 Å². The van der Waals surface area contributed by atoms with Crippen LogP contribution >= 0.6 is 0 Å². The predicted octanol–water partition coefficient (Wildman–Crippen LogP) is 0.178. The van der Waals surface area contributed by atoms with Gasteiger partial charge in [0.2, 0.25) is 0 Å². The Morgan fingerprint density at radius 2 is 2.20 bits per heavy atom. The van der Waals surface area contributed by atoms with Gasteiger partial charge in [0.05, 0.1) is 16.4 Å². The fourth-order valence-corrected chi connectivity index (χ4v) is 3.73. The van der Waals surface area contributed by atoms with Crippen molar-refractivity contribution in [2.24, 2.45) is 0 Å². The second-order valence-electron chi connectivity index (χ2n) is 4.64. The first-order valence-electron chi connectivity index (χ1n) is 6.24. The van der Waals surface area contributed by atoms with Gasteiger partial charge in [-0.2, -0.15) is 0 Å². The van der Waals surface area contributed by atoms with Gasteiger partial charge < -0.3 is 10.6 Å². The first kappa shape index (κ1) is 14.7. The lowest BCUT2D eigenvalue weighted by molar-refractivity contribution is -0.385. The standard InChI is InChI=1S/C11H16N4O4S/c16-15(17)10-1-2-11(14-7-10)13-5-4-12-9-3-6-20(18,19)8-9/h1-2,7,9,12H,3-6,8H2,(H,13,14)/t9-/m1/s1. The summed E-state index contributed by atoms with van der Waals surface area (Å²) in [5.74, 6) is 1.00. The van der Waals surface area contributed by atoms with E-state index in [9.17, 15) is 18.5 Å². The van der Waals surface area contributed by atoms with Crippen molar-refractivity contribution in [2.45, 2.75) is 12.5 Å². The molecule has 0 aliphatic carbocycles. The molecule has 0 aromatic carbocycles. The second-order valence-corrected chi connectivity index (χ2v) is 6.87. The molecule has 0 unspecified atom stereocenters. The molecule has 0 saturated carbocycles. The van der Waals surface area contributed by atoms with Crippen molar-refractivity contribution < 1.29 is 13.3 Å². The van der Waals surface area contributed by atoms with Gasteiger partial charge in [0, 0.05) is 25.2 Å². The van der Waals surface area contributed by atoms with Gasteiger partial charge in [0.1, 0.15) is 12.0 Å². The predicted molar refractivity (Wildman–Crippen MR) is 74.4 cm³/mol. The van der Waals surface area contributed by atoms with Gasteiger partial charge in [0.25, 0.3) is 5.69 Å². The number of pyridine rings is 1. The summed E-state index contributed by atoms with van der Waals surface area (Å²) in [5.41, 5.74) is -0.0511. The van der Waals surface area contributed by atoms with Crippen LogP contribution in [-0.4, -0.2) is 49.0 Å². The Hall–Kier alpha value is -1.74. The van der Waals surface area contributed by atoms with Gasteiger partial charge in [-0.15, -0.1) is 0 Å². The van der Waals surface area contributed by atoms with Gasteiger partial charge in [-0.25, -0.2) is 13.4 Å². The zero-order chi connectivity index (χ0) is 14.6. The van der Waals surface area contributed by atoms with E-state index in [0.717, 1.165) is 0 Å². The molecule has 0 amide bonds. The molecule has 1 aliphatic heterocycles. The number of anilines is 1. The summed E-state index contributed by atoms with van der Waals surface area (Å²) in [7, 11) is -2.86. The molecule has 8 nitrogen and oxygen atoms in total. The summed E-state index contributed by atoms with van der Waals surface area (Å²) in [6, 6.07) is 2.94. The van der Waals surface area contributed by atoms with Crippen molar-refractivity contribution in [3.63, 3.8) is 0 Å². The second kappa shape index (κ2) is 6.14. The maximum Gasteiger partial charge on any atom is 0.287 e. The number of nitrogens with one attached hydrogen (secondary N) is 2. The first-order valence-corrected chi connectivity index (χ1v) is 8.06. The third-order valence-corrected chi connectivity index (χ3v) is 4.82. The first-order chi connectivity index (χ1) is 9.46. The Balaban J connectivity index is 1.70. The highest BCUT2D eigenvalue weighted by molar-refractivity contribution is 7.91. The monoisotopic (exact) mass is 300 g/mol. The zero-order valence-corrected chi connectivity index (χ0v) is 11.6. The molecular weight excluding hydrogens is 284 g/mol. The van der Waals surface area contributed by atoms with Crippen molar-refractivity contribution in [3.05, 3.63) is 28.4 Å². The topological polar surface area (TPSA) is 114 Å². The minimum absolute atomic E-state index is 0.0200. The van der Waals surface area contributed by atoms with Crippen molar-refractivity contribution in [3.8, 4) is 0 Å². The highest BCUT2D eigenvalue weighted by Crippen LogP contribution is 2.12. The number of sulfone groups is 1. The largest absolute Gasteiger partial charge is 0.369 e. The highest BCUT2D eigenvalue weighted by atomic mass is 32.2. The minimum atomic E-state index is -2.86. The van der Waals surface area contributed by atoms with E-state index in [1.807, 2.05) is 0 Å². The molecule has 2 N–H and O–H groups in total. The molecule has 0 spiro atoms. The molecule has 1 aromatic heterocycles. The Bertz CT molecular complexity index is 573. The van der Waals surface area contributed by atoms with Gasteiger partial charge in [-0.3, -0.25) is 10.1 Å². The number of rotatable bonds is 6. The van der Waals surface area contributed by atoms with E-state index in [4.69, 9.17) is 0 Å². The van der Waals surface area contributed by atoms with Crippen molar-refractivity contribution in [1.29, 1.82) is 0 Å². The van der Waals surface area contributed by atoms with Crippen LogP contribution in [0.15, 0.2) is 18.3 Å². The van der Waals surface area contributed by atoms with Gasteiger partial charge in [-0.05, 0) is 12.5 Å². The van der Waals surface area contributed by atoms with Gasteiger partial charge in [-0.1, -0.05) is 0 Å². The molecule has 1 fully saturated rings. The van der Waals surface area contributed by atoms with E-state index >= 15 is 0 Å². The number of aromatic nitrogens is 1. The molecule has 0 bridgehead atoms. The molecular formula is C11H16N4O4S. The lowest BCUT2D eigenvalue weighted by Crippen LogP contribution is -2.33. The molecule has 1 aromatic rings. The molecule has 20 heavy (non-hydrogen) atoms. The Morgan fingerprint density at radius 3 is 2.75 bits per heavy atom. The third kappa shape index (κ3) is 4.14. The van der Waals surface area contributed by atoms with Crippen LogP contribution in [0.3, 0.4) is 0 Å². The fourth-order valence-electron chi connectivity index (χ4n) is 2.02. The molecule has 1 atom stereocenters. The lowest BCUT2D eigenvalue weighted by atomic mass is 10.2. The van der Waals surface area contributed by atoms with Crippen molar-refractivity contribution in [1.82, 2.24) is 10.3 Å². The SMILES string of the molecule is O=[N+]([O-])c1ccc(NCCN[C@@H]2CCS(=O)(=O)C2)nc1. The number of hydrogen-bond donors (Lipinski definition) is 2. The van der Waals surface area contributed by atoms with Crippen LogP contribution in [0.25, 0.3) is 0 Å². The molecule has 9 heteroatoms. The maximum atomic E-state index is 11.3. The van der Waals surface area contributed by atoms with Crippen LogP contribution in [0.4, 0.5) is 11.5 Å². The smallest absolute Gasteiger partial charge is 0.287 e. The summed E-state index contributed by atoms with van der Waals surface area (Å²) in [5, 5.41) is 16.6. The average Bonchev–Trinajstić information content (AvgIpc) is 2.75. The molecule has 2 heterocycles. The van der Waals surface area contributed by atoms with Crippen LogP contribution in [0.1, 0.15) is 6.42 Å². The summed E-state index contributed by atoms with van der Waals surface area (Å²) in [6.07, 6.45) is 1.84. The Labute approximate surface area is 116 Å². The quantitative estimate of drug-likeness (QED) is 0.437. The maximum absolute atomic E-state index is 11.3. The fraction of sp³-hybridized carbons (Fsp3) is 0.545. The summed E-state index contributed by atoms with van der Waals surface area (Å²) in [6.45, 7) is 1.18. The van der Waals surface area contributed by atoms with Crippen LogP contribution in [0.5, 0.6) is 0 Å². The van der Waals surface area contributed by atoms with Crippen LogP contribution in [0, 0.1) is 10.1 Å². The highest BCUT2D eigenvalue weighted by Gasteiger charge is 2.26. The van der Waals surface area contributed by atoms with E-state index in [1.165, 1.54) is 18.3 Å². The van der Waals surface area contributed by atoms with E-state index in [1.54, 1.807) is 0 Å². The Morgan fingerprint density at radius 1 is 1.40 bits per heavy atom. The number of nitrogens with zero attached hydrogens (tertiary/aromatic N) is 2. The molecule has 110 valence electrons. The van der Waals surface area contributed by atoms with E-state index in [2.05, 4.69) is 15.6 Å². The molecule has 0 radical (unpaired) electrons. The van der Waals surface area contributed by atoms with Crippen LogP contribution in [-0.2, 0) is 9.84 Å². The normalized spacial score (nSPS) is 20.7. The van der Waals surface area contributed by atoms with Crippen LogP contribution < -0.4 is 10.6 Å². The molecule has 1 saturated heterocycles. The summed E-state index contributed by atoms with van der Waals surface area (Å²) >= 11 is 0. The van der Waals surface area contributed by atoms with Gasteiger partial charge >= 0.3 is 0 Å². The third-order valence-electron chi connectivity index (χ3n) is 3.06. The summed E-state index contributed by atoms with van der Waals surface area (Å²) < 4.78 is 22.5. The van der Waals surface area contributed by atoms with E-state index in [-0.39, 0.29) is 23.2 Å². The Kier molecular flexibility index (Phi) is 4.50. The van der Waals surface area contributed by atoms with Crippen molar-refractivity contribution in [2.75, 3.05) is 29.9 Å². The number of hydrogen-bond acceptors (Lipinski definition) is 7. The minimum Gasteiger partial charge on any atom is -0.369 e. The van der Waals surface area contributed by atoms with E-state index < -0.39 is 14.8 Å². The lowest BCUT2D eigenvalue weighted by Gasteiger charge is -2.11.